The Kier molecular flexibility index (Phi) is 3.19. The molecule has 0 radical (unpaired) electrons. The molecule has 1 aromatic rings. The molecule has 0 aliphatic carbocycles. The highest BCUT2D eigenvalue weighted by Gasteiger charge is 2.20. The SMILES string of the molecule is CNc1nc(NC2CNC2)cc(C(C)(C)C)n1. The lowest BCUT2D eigenvalue weighted by molar-refractivity contribution is 0.470. The van der Waals surface area contributed by atoms with Crippen LogP contribution in [0.2, 0.25) is 0 Å². The van der Waals surface area contributed by atoms with E-state index in [4.69, 9.17) is 0 Å². The van der Waals surface area contributed by atoms with E-state index in [2.05, 4.69) is 46.7 Å². The van der Waals surface area contributed by atoms with Crippen molar-refractivity contribution in [2.24, 2.45) is 0 Å². The van der Waals surface area contributed by atoms with Gasteiger partial charge in [0.15, 0.2) is 0 Å². The summed E-state index contributed by atoms with van der Waals surface area (Å²) in [5, 5.41) is 9.66. The molecule has 0 bridgehead atoms. The molecule has 0 unspecified atom stereocenters. The smallest absolute Gasteiger partial charge is 0.224 e. The van der Waals surface area contributed by atoms with Gasteiger partial charge in [-0.25, -0.2) is 4.98 Å². The summed E-state index contributed by atoms with van der Waals surface area (Å²) in [7, 11) is 1.84. The Bertz CT molecular complexity index is 392. The topological polar surface area (TPSA) is 61.9 Å². The molecule has 0 atom stereocenters. The predicted octanol–water partition coefficient (Wildman–Crippen LogP) is 1.20. The van der Waals surface area contributed by atoms with Crippen molar-refractivity contribution in [1.82, 2.24) is 15.3 Å². The summed E-state index contributed by atoms with van der Waals surface area (Å²) in [6.07, 6.45) is 0. The highest BCUT2D eigenvalue weighted by atomic mass is 15.2. The molecule has 1 aromatic heterocycles. The van der Waals surface area contributed by atoms with Gasteiger partial charge in [0.1, 0.15) is 5.82 Å². The van der Waals surface area contributed by atoms with Crippen molar-refractivity contribution in [3.8, 4) is 0 Å². The van der Waals surface area contributed by atoms with E-state index in [-0.39, 0.29) is 5.41 Å². The van der Waals surface area contributed by atoms with E-state index < -0.39 is 0 Å². The molecule has 5 heteroatoms. The fraction of sp³-hybridized carbons (Fsp3) is 0.667. The highest BCUT2D eigenvalue weighted by Crippen LogP contribution is 2.23. The van der Waals surface area contributed by atoms with Gasteiger partial charge in [0, 0.05) is 31.6 Å². The zero-order valence-corrected chi connectivity index (χ0v) is 11.0. The van der Waals surface area contributed by atoms with Gasteiger partial charge in [0.2, 0.25) is 5.95 Å². The third kappa shape index (κ3) is 2.85. The molecule has 0 amide bonds. The third-order valence-electron chi connectivity index (χ3n) is 2.85. The van der Waals surface area contributed by atoms with Crippen LogP contribution in [-0.2, 0) is 5.41 Å². The number of hydrogen-bond acceptors (Lipinski definition) is 5. The number of hydrogen-bond donors (Lipinski definition) is 3. The minimum absolute atomic E-state index is 0.0306. The lowest BCUT2D eigenvalue weighted by Gasteiger charge is -2.29. The largest absolute Gasteiger partial charge is 0.365 e. The molecule has 0 aromatic carbocycles. The molecule has 1 fully saturated rings. The molecule has 3 N–H and O–H groups in total. The molecule has 2 heterocycles. The van der Waals surface area contributed by atoms with Crippen LogP contribution in [0.25, 0.3) is 0 Å². The average molecular weight is 235 g/mol. The molecular weight excluding hydrogens is 214 g/mol. The Morgan fingerprint density at radius 1 is 1.29 bits per heavy atom. The van der Waals surface area contributed by atoms with Crippen LogP contribution in [0.5, 0.6) is 0 Å². The lowest BCUT2D eigenvalue weighted by atomic mass is 9.92. The molecule has 94 valence electrons. The quantitative estimate of drug-likeness (QED) is 0.735. The van der Waals surface area contributed by atoms with Gasteiger partial charge in [0.05, 0.1) is 11.7 Å². The fourth-order valence-corrected chi connectivity index (χ4v) is 1.62. The average Bonchev–Trinajstić information content (AvgIpc) is 2.22. The molecule has 17 heavy (non-hydrogen) atoms. The van der Waals surface area contributed by atoms with E-state index in [0.29, 0.717) is 12.0 Å². The summed E-state index contributed by atoms with van der Waals surface area (Å²) in [4.78, 5) is 8.92. The van der Waals surface area contributed by atoms with E-state index in [9.17, 15) is 0 Å². The monoisotopic (exact) mass is 235 g/mol. The van der Waals surface area contributed by atoms with Crippen LogP contribution >= 0.6 is 0 Å². The third-order valence-corrected chi connectivity index (χ3v) is 2.85. The molecule has 0 saturated carbocycles. The van der Waals surface area contributed by atoms with Gasteiger partial charge < -0.3 is 16.0 Å². The highest BCUT2D eigenvalue weighted by molar-refractivity contribution is 5.44. The van der Waals surface area contributed by atoms with Crippen LogP contribution < -0.4 is 16.0 Å². The Labute approximate surface area is 102 Å². The van der Waals surface area contributed by atoms with Crippen molar-refractivity contribution in [2.75, 3.05) is 30.8 Å². The van der Waals surface area contributed by atoms with Gasteiger partial charge in [-0.3, -0.25) is 0 Å². The summed E-state index contributed by atoms with van der Waals surface area (Å²) >= 11 is 0. The molecule has 1 saturated heterocycles. The van der Waals surface area contributed by atoms with Gasteiger partial charge in [-0.1, -0.05) is 20.8 Å². The van der Waals surface area contributed by atoms with Gasteiger partial charge in [0.25, 0.3) is 0 Å². The second-order valence-electron chi connectivity index (χ2n) is 5.46. The molecule has 1 aliphatic heterocycles. The van der Waals surface area contributed by atoms with E-state index in [1.54, 1.807) is 0 Å². The van der Waals surface area contributed by atoms with Gasteiger partial charge >= 0.3 is 0 Å². The van der Waals surface area contributed by atoms with Gasteiger partial charge in [-0.05, 0) is 0 Å². The van der Waals surface area contributed by atoms with E-state index in [1.807, 2.05) is 13.1 Å². The van der Waals surface area contributed by atoms with Crippen LogP contribution in [0.3, 0.4) is 0 Å². The fourth-order valence-electron chi connectivity index (χ4n) is 1.62. The van der Waals surface area contributed by atoms with E-state index in [1.165, 1.54) is 0 Å². The summed E-state index contributed by atoms with van der Waals surface area (Å²) in [6, 6.07) is 2.53. The zero-order chi connectivity index (χ0) is 12.5. The first-order chi connectivity index (χ1) is 7.99. The maximum atomic E-state index is 4.50. The van der Waals surface area contributed by atoms with Gasteiger partial charge in [-0.15, -0.1) is 0 Å². The van der Waals surface area contributed by atoms with E-state index in [0.717, 1.165) is 24.6 Å². The predicted molar refractivity (Wildman–Crippen MR) is 70.6 cm³/mol. The first-order valence-electron chi connectivity index (χ1n) is 6.03. The number of anilines is 2. The van der Waals surface area contributed by atoms with Gasteiger partial charge in [-0.2, -0.15) is 4.98 Å². The number of nitrogens with zero attached hydrogens (tertiary/aromatic N) is 2. The van der Waals surface area contributed by atoms with Crippen LogP contribution in [0, 0.1) is 0 Å². The van der Waals surface area contributed by atoms with Crippen LogP contribution in [0.4, 0.5) is 11.8 Å². The number of nitrogens with one attached hydrogen (secondary N) is 3. The lowest BCUT2D eigenvalue weighted by Crippen LogP contribution is -2.51. The molecule has 1 aliphatic rings. The van der Waals surface area contributed by atoms with Crippen LogP contribution in [-0.4, -0.2) is 36.1 Å². The Morgan fingerprint density at radius 2 is 2.00 bits per heavy atom. The molecule has 0 spiro atoms. The second-order valence-corrected chi connectivity index (χ2v) is 5.46. The van der Waals surface area contributed by atoms with Crippen molar-refractivity contribution in [3.63, 3.8) is 0 Å². The summed E-state index contributed by atoms with van der Waals surface area (Å²) in [5.74, 6) is 1.58. The minimum atomic E-state index is 0.0306. The van der Waals surface area contributed by atoms with Crippen molar-refractivity contribution in [1.29, 1.82) is 0 Å². The summed E-state index contributed by atoms with van der Waals surface area (Å²) in [5.41, 5.74) is 1.08. The minimum Gasteiger partial charge on any atom is -0.365 e. The molecular formula is C12H21N5. The number of rotatable bonds is 3. The van der Waals surface area contributed by atoms with Crippen molar-refractivity contribution in [2.45, 2.75) is 32.2 Å². The normalized spacial score (nSPS) is 16.5. The summed E-state index contributed by atoms with van der Waals surface area (Å²) < 4.78 is 0. The van der Waals surface area contributed by atoms with Crippen LogP contribution in [0.1, 0.15) is 26.5 Å². The molecule has 5 nitrogen and oxygen atoms in total. The van der Waals surface area contributed by atoms with E-state index >= 15 is 0 Å². The second kappa shape index (κ2) is 4.49. The zero-order valence-electron chi connectivity index (χ0n) is 11.0. The molecule has 2 rings (SSSR count). The Balaban J connectivity index is 2.24. The van der Waals surface area contributed by atoms with Crippen LogP contribution in [0.15, 0.2) is 6.07 Å². The standard InChI is InChI=1S/C12H21N5/c1-12(2,3)9-5-10(15-8-6-14-7-8)17-11(13-4)16-9/h5,8,14H,6-7H2,1-4H3,(H2,13,15,16,17). The first kappa shape index (κ1) is 12.1. The van der Waals surface area contributed by atoms with Crippen molar-refractivity contribution in [3.05, 3.63) is 11.8 Å². The van der Waals surface area contributed by atoms with Crippen molar-refractivity contribution >= 4 is 11.8 Å². The number of aromatic nitrogens is 2. The Morgan fingerprint density at radius 3 is 2.47 bits per heavy atom. The summed E-state index contributed by atoms with van der Waals surface area (Å²) in [6.45, 7) is 8.48. The maximum Gasteiger partial charge on any atom is 0.224 e. The first-order valence-corrected chi connectivity index (χ1v) is 6.03. The Hall–Kier alpha value is -1.36. The maximum absolute atomic E-state index is 4.50. The van der Waals surface area contributed by atoms with Crippen molar-refractivity contribution < 1.29 is 0 Å².